The topological polar surface area (TPSA) is 76.2 Å². The molecule has 0 aliphatic heterocycles. The first-order valence-corrected chi connectivity index (χ1v) is 8.09. The minimum Gasteiger partial charge on any atom is -0.346 e. The van der Waals surface area contributed by atoms with Gasteiger partial charge in [0.2, 0.25) is 0 Å². The van der Waals surface area contributed by atoms with Gasteiger partial charge in [0.15, 0.2) is 5.11 Å². The molecule has 0 bridgehead atoms. The van der Waals surface area contributed by atoms with Crippen molar-refractivity contribution in [1.29, 1.82) is 0 Å². The van der Waals surface area contributed by atoms with Crippen LogP contribution in [-0.2, 0) is 13.1 Å². The van der Waals surface area contributed by atoms with Crippen molar-refractivity contribution in [2.75, 3.05) is 12.4 Å². The Kier molecular flexibility index (Phi) is 5.67. The van der Waals surface area contributed by atoms with Crippen molar-refractivity contribution >= 4 is 44.6 Å². The molecule has 1 aromatic heterocycles. The van der Waals surface area contributed by atoms with Crippen LogP contribution in [0.5, 0.6) is 0 Å². The molecule has 1 N–H and O–H groups in total. The van der Waals surface area contributed by atoms with Crippen molar-refractivity contribution < 1.29 is 4.92 Å². The third-order valence-corrected chi connectivity index (χ3v) is 4.25. The average Bonchev–Trinajstić information content (AvgIpc) is 2.88. The zero-order valence-corrected chi connectivity index (χ0v) is 15.1. The summed E-state index contributed by atoms with van der Waals surface area (Å²) in [7, 11) is 1.86. The Balaban J connectivity index is 1.99. The van der Waals surface area contributed by atoms with E-state index in [2.05, 4.69) is 26.3 Å². The lowest BCUT2D eigenvalue weighted by atomic mass is 10.3. The zero-order chi connectivity index (χ0) is 17.0. The Morgan fingerprint density at radius 3 is 2.65 bits per heavy atom. The molecule has 0 radical (unpaired) electrons. The molecule has 2 aromatic rings. The van der Waals surface area contributed by atoms with E-state index in [1.54, 1.807) is 12.1 Å². The Bertz CT molecular complexity index is 716. The molecule has 2 rings (SSSR count). The van der Waals surface area contributed by atoms with Crippen LogP contribution >= 0.6 is 28.1 Å². The maximum atomic E-state index is 10.6. The Morgan fingerprint density at radius 2 is 2.13 bits per heavy atom. The summed E-state index contributed by atoms with van der Waals surface area (Å²) < 4.78 is 2.78. The number of aromatic nitrogens is 2. The summed E-state index contributed by atoms with van der Waals surface area (Å²) in [6.45, 7) is 3.37. The van der Waals surface area contributed by atoms with Gasteiger partial charge < -0.3 is 10.2 Å². The Hall–Kier alpha value is -2.00. The number of nitro benzene ring substituents is 1. The highest BCUT2D eigenvalue weighted by Gasteiger charge is 2.12. The molecule has 0 fully saturated rings. The molecule has 1 heterocycles. The van der Waals surface area contributed by atoms with Gasteiger partial charge in [-0.3, -0.25) is 14.8 Å². The molecule has 0 spiro atoms. The maximum absolute atomic E-state index is 10.6. The fourth-order valence-corrected chi connectivity index (χ4v) is 2.51. The van der Waals surface area contributed by atoms with Crippen LogP contribution in [0, 0.1) is 10.1 Å². The summed E-state index contributed by atoms with van der Waals surface area (Å²) in [6, 6.07) is 6.12. The molecule has 7 nitrogen and oxygen atoms in total. The predicted molar refractivity (Wildman–Crippen MR) is 96.4 cm³/mol. The molecule has 122 valence electrons. The van der Waals surface area contributed by atoms with Crippen LogP contribution in [0.1, 0.15) is 12.6 Å². The van der Waals surface area contributed by atoms with E-state index in [0.717, 1.165) is 16.7 Å². The van der Waals surface area contributed by atoms with Gasteiger partial charge in [-0.1, -0.05) is 0 Å². The number of nitro groups is 1. The fraction of sp³-hybridized carbons (Fsp3) is 0.286. The molecule has 1 aromatic carbocycles. The van der Waals surface area contributed by atoms with Gasteiger partial charge in [-0.25, -0.2) is 0 Å². The second-order valence-corrected chi connectivity index (χ2v) is 6.11. The standard InChI is InChI=1S/C14H16BrN5O2S/c1-3-19-8-12(15)13(17-19)9-18(2)14(23)16-10-4-6-11(7-5-10)20(21)22/h4-8H,3,9H2,1-2H3,(H,16,23). The summed E-state index contributed by atoms with van der Waals surface area (Å²) in [5.74, 6) is 0. The van der Waals surface area contributed by atoms with Crippen LogP contribution in [0.4, 0.5) is 11.4 Å². The second kappa shape index (κ2) is 7.51. The summed E-state index contributed by atoms with van der Waals surface area (Å²) in [5, 5.41) is 18.7. The first-order chi connectivity index (χ1) is 10.9. The van der Waals surface area contributed by atoms with E-state index in [4.69, 9.17) is 12.2 Å². The average molecular weight is 398 g/mol. The van der Waals surface area contributed by atoms with E-state index in [1.165, 1.54) is 12.1 Å². The third kappa shape index (κ3) is 4.49. The first-order valence-electron chi connectivity index (χ1n) is 6.89. The van der Waals surface area contributed by atoms with E-state index in [1.807, 2.05) is 29.7 Å². The molecule has 9 heteroatoms. The van der Waals surface area contributed by atoms with E-state index in [-0.39, 0.29) is 5.69 Å². The lowest BCUT2D eigenvalue weighted by molar-refractivity contribution is -0.384. The van der Waals surface area contributed by atoms with Gasteiger partial charge in [-0.05, 0) is 47.2 Å². The van der Waals surface area contributed by atoms with Gasteiger partial charge in [0.1, 0.15) is 0 Å². The molecule has 0 atom stereocenters. The zero-order valence-electron chi connectivity index (χ0n) is 12.7. The molecule has 0 aliphatic carbocycles. The van der Waals surface area contributed by atoms with Gasteiger partial charge in [0, 0.05) is 37.6 Å². The van der Waals surface area contributed by atoms with Crippen LogP contribution in [0.15, 0.2) is 34.9 Å². The molecule has 0 unspecified atom stereocenters. The quantitative estimate of drug-likeness (QED) is 0.473. The van der Waals surface area contributed by atoms with Crippen molar-refractivity contribution in [2.45, 2.75) is 20.0 Å². The second-order valence-electron chi connectivity index (χ2n) is 4.87. The number of hydrogen-bond donors (Lipinski definition) is 1. The predicted octanol–water partition coefficient (Wildman–Crippen LogP) is 3.40. The van der Waals surface area contributed by atoms with Gasteiger partial charge in [-0.2, -0.15) is 5.10 Å². The smallest absolute Gasteiger partial charge is 0.269 e. The van der Waals surface area contributed by atoms with Crippen LogP contribution < -0.4 is 5.32 Å². The molecule has 0 saturated heterocycles. The van der Waals surface area contributed by atoms with Crippen molar-refractivity contribution in [3.05, 3.63) is 50.7 Å². The number of nitrogens with zero attached hydrogens (tertiary/aromatic N) is 4. The highest BCUT2D eigenvalue weighted by molar-refractivity contribution is 9.10. The molecule has 23 heavy (non-hydrogen) atoms. The lowest BCUT2D eigenvalue weighted by Gasteiger charge is -2.20. The number of hydrogen-bond acceptors (Lipinski definition) is 4. The summed E-state index contributed by atoms with van der Waals surface area (Å²) in [6.07, 6.45) is 1.93. The monoisotopic (exact) mass is 397 g/mol. The van der Waals surface area contributed by atoms with Gasteiger partial charge >= 0.3 is 0 Å². The summed E-state index contributed by atoms with van der Waals surface area (Å²) >= 11 is 8.84. The minimum atomic E-state index is -0.435. The van der Waals surface area contributed by atoms with Crippen LogP contribution in [0.2, 0.25) is 0 Å². The number of halogens is 1. The van der Waals surface area contributed by atoms with E-state index in [0.29, 0.717) is 17.3 Å². The van der Waals surface area contributed by atoms with Gasteiger partial charge in [0.05, 0.1) is 21.6 Å². The number of nitrogens with one attached hydrogen (secondary N) is 1. The normalized spacial score (nSPS) is 10.4. The number of rotatable bonds is 5. The largest absolute Gasteiger partial charge is 0.346 e. The number of aryl methyl sites for hydroxylation is 1. The van der Waals surface area contributed by atoms with Crippen molar-refractivity contribution in [3.63, 3.8) is 0 Å². The van der Waals surface area contributed by atoms with Gasteiger partial charge in [-0.15, -0.1) is 0 Å². The van der Waals surface area contributed by atoms with Crippen LogP contribution in [-0.4, -0.2) is 31.8 Å². The van der Waals surface area contributed by atoms with Gasteiger partial charge in [0.25, 0.3) is 5.69 Å². The minimum absolute atomic E-state index is 0.0452. The molecule has 0 amide bonds. The lowest BCUT2D eigenvalue weighted by Crippen LogP contribution is -2.30. The first kappa shape index (κ1) is 17.4. The number of thiocarbonyl (C=S) groups is 1. The highest BCUT2D eigenvalue weighted by atomic mass is 79.9. The number of anilines is 1. The summed E-state index contributed by atoms with van der Waals surface area (Å²) in [4.78, 5) is 12.1. The van der Waals surface area contributed by atoms with Crippen molar-refractivity contribution in [3.8, 4) is 0 Å². The third-order valence-electron chi connectivity index (χ3n) is 3.17. The van der Waals surface area contributed by atoms with Crippen LogP contribution in [0.25, 0.3) is 0 Å². The van der Waals surface area contributed by atoms with E-state index < -0.39 is 4.92 Å². The Morgan fingerprint density at radius 1 is 1.48 bits per heavy atom. The Labute approximate surface area is 147 Å². The molecular formula is C14H16BrN5O2S. The number of benzene rings is 1. The maximum Gasteiger partial charge on any atom is 0.269 e. The fourth-order valence-electron chi connectivity index (χ4n) is 1.89. The van der Waals surface area contributed by atoms with Crippen molar-refractivity contribution in [2.24, 2.45) is 0 Å². The van der Waals surface area contributed by atoms with E-state index >= 15 is 0 Å². The molecule has 0 aliphatic rings. The van der Waals surface area contributed by atoms with Crippen LogP contribution in [0.3, 0.4) is 0 Å². The highest BCUT2D eigenvalue weighted by Crippen LogP contribution is 2.18. The summed E-state index contributed by atoms with van der Waals surface area (Å²) in [5.41, 5.74) is 1.64. The van der Waals surface area contributed by atoms with E-state index in [9.17, 15) is 10.1 Å². The molecular weight excluding hydrogens is 382 g/mol. The SMILES string of the molecule is CCn1cc(Br)c(CN(C)C(=S)Nc2ccc([N+](=O)[O-])cc2)n1. The van der Waals surface area contributed by atoms with Crippen molar-refractivity contribution in [1.82, 2.24) is 14.7 Å². The number of non-ortho nitro benzene ring substituents is 1. The molecule has 0 saturated carbocycles.